The molecule has 0 aromatic heterocycles. The van der Waals surface area contributed by atoms with Gasteiger partial charge in [0.1, 0.15) is 11.6 Å². The van der Waals surface area contributed by atoms with Crippen LogP contribution in [0.4, 0.5) is 10.1 Å². The van der Waals surface area contributed by atoms with E-state index in [9.17, 15) is 9.18 Å². The maximum absolute atomic E-state index is 13.7. The van der Waals surface area contributed by atoms with Crippen LogP contribution in [0.2, 0.25) is 0 Å². The number of carbonyl (C=O) groups is 1. The molecule has 3 nitrogen and oxygen atoms in total. The molecule has 0 heterocycles. The number of nitrogens with two attached hydrogens (primary N) is 1. The molecule has 0 aliphatic heterocycles. The van der Waals surface area contributed by atoms with E-state index >= 15 is 0 Å². The molecule has 0 amide bonds. The summed E-state index contributed by atoms with van der Waals surface area (Å²) in [6.45, 7) is 1.57. The van der Waals surface area contributed by atoms with Crippen molar-refractivity contribution in [2.24, 2.45) is 0 Å². The highest BCUT2D eigenvalue weighted by Gasteiger charge is 2.16. The molecule has 2 N–H and O–H groups in total. The van der Waals surface area contributed by atoms with Crippen LogP contribution in [0.15, 0.2) is 34.8 Å². The predicted octanol–water partition coefficient (Wildman–Crippen LogP) is 3.72. The standard InChI is InChI=1S/C15H13BrFNO2/c1-8-13(17)5-9(6-14(8)18)15(19)11-4-3-10(20-2)7-12(11)16/h3-7H,18H2,1-2H3. The monoisotopic (exact) mass is 337 g/mol. The fourth-order valence-corrected chi connectivity index (χ4v) is 2.33. The molecule has 0 unspecified atom stereocenters. The van der Waals surface area contributed by atoms with Gasteiger partial charge >= 0.3 is 0 Å². The van der Waals surface area contributed by atoms with Crippen molar-refractivity contribution in [3.63, 3.8) is 0 Å². The summed E-state index contributed by atoms with van der Waals surface area (Å²) in [6, 6.07) is 7.66. The van der Waals surface area contributed by atoms with Crippen LogP contribution in [-0.4, -0.2) is 12.9 Å². The number of ketones is 1. The Balaban J connectivity index is 2.46. The molecule has 0 radical (unpaired) electrons. The molecule has 2 rings (SSSR count). The van der Waals surface area contributed by atoms with Crippen molar-refractivity contribution in [1.82, 2.24) is 0 Å². The van der Waals surface area contributed by atoms with Crippen molar-refractivity contribution in [3.8, 4) is 5.75 Å². The van der Waals surface area contributed by atoms with Crippen LogP contribution in [0.3, 0.4) is 0 Å². The number of nitrogen functional groups attached to an aromatic ring is 1. The number of hydrogen-bond donors (Lipinski definition) is 1. The molecule has 2 aromatic carbocycles. The minimum atomic E-state index is -0.488. The second kappa shape index (κ2) is 5.63. The first-order valence-electron chi connectivity index (χ1n) is 5.88. The topological polar surface area (TPSA) is 52.3 Å². The Morgan fingerprint density at radius 2 is 2.00 bits per heavy atom. The van der Waals surface area contributed by atoms with Crippen LogP contribution >= 0.6 is 15.9 Å². The number of anilines is 1. The highest BCUT2D eigenvalue weighted by atomic mass is 79.9. The van der Waals surface area contributed by atoms with E-state index in [0.29, 0.717) is 21.3 Å². The molecule has 104 valence electrons. The van der Waals surface area contributed by atoms with E-state index in [1.807, 2.05) is 0 Å². The lowest BCUT2D eigenvalue weighted by molar-refractivity contribution is 0.103. The Hall–Kier alpha value is -1.88. The quantitative estimate of drug-likeness (QED) is 0.686. The summed E-state index contributed by atoms with van der Waals surface area (Å²) in [5, 5.41) is 0. The molecule has 5 heteroatoms. The summed E-state index contributed by atoms with van der Waals surface area (Å²) in [5.41, 5.74) is 6.95. The van der Waals surface area contributed by atoms with E-state index in [1.165, 1.54) is 12.1 Å². The highest BCUT2D eigenvalue weighted by Crippen LogP contribution is 2.26. The summed E-state index contributed by atoms with van der Waals surface area (Å²) < 4.78 is 19.3. The molecule has 2 aromatic rings. The zero-order chi connectivity index (χ0) is 14.9. The van der Waals surface area contributed by atoms with Crippen LogP contribution < -0.4 is 10.5 Å². The van der Waals surface area contributed by atoms with Gasteiger partial charge in [-0.1, -0.05) is 0 Å². The Kier molecular flexibility index (Phi) is 4.09. The van der Waals surface area contributed by atoms with E-state index in [0.717, 1.165) is 0 Å². The van der Waals surface area contributed by atoms with Crippen LogP contribution in [0.1, 0.15) is 21.5 Å². The summed E-state index contributed by atoms with van der Waals surface area (Å²) in [6.07, 6.45) is 0. The van der Waals surface area contributed by atoms with E-state index in [1.54, 1.807) is 32.2 Å². The lowest BCUT2D eigenvalue weighted by Gasteiger charge is -2.08. The number of hydrogen-bond acceptors (Lipinski definition) is 3. The molecule has 0 saturated heterocycles. The molecule has 0 aliphatic carbocycles. The first-order chi connectivity index (χ1) is 9.43. The molecule has 0 saturated carbocycles. The molecule has 20 heavy (non-hydrogen) atoms. The molecule has 0 atom stereocenters. The van der Waals surface area contributed by atoms with E-state index < -0.39 is 5.82 Å². The van der Waals surface area contributed by atoms with Crippen molar-refractivity contribution in [2.45, 2.75) is 6.92 Å². The SMILES string of the molecule is COc1ccc(C(=O)c2cc(N)c(C)c(F)c2)c(Br)c1. The van der Waals surface area contributed by atoms with E-state index in [-0.39, 0.29) is 17.0 Å². The minimum absolute atomic E-state index is 0.219. The molecular weight excluding hydrogens is 325 g/mol. The van der Waals surface area contributed by atoms with Crippen molar-refractivity contribution in [2.75, 3.05) is 12.8 Å². The summed E-state index contributed by atoms with van der Waals surface area (Å²) in [7, 11) is 1.54. The minimum Gasteiger partial charge on any atom is -0.497 e. The van der Waals surface area contributed by atoms with Gasteiger partial charge in [0.15, 0.2) is 5.78 Å². The summed E-state index contributed by atoms with van der Waals surface area (Å²) >= 11 is 3.31. The van der Waals surface area contributed by atoms with Crippen molar-refractivity contribution < 1.29 is 13.9 Å². The molecule has 0 spiro atoms. The molecule has 0 bridgehead atoms. The van der Waals surface area contributed by atoms with Gasteiger partial charge < -0.3 is 10.5 Å². The van der Waals surface area contributed by atoms with Gasteiger partial charge in [-0.15, -0.1) is 0 Å². The second-order valence-electron chi connectivity index (χ2n) is 4.35. The third-order valence-corrected chi connectivity index (χ3v) is 3.72. The number of halogens is 2. The Morgan fingerprint density at radius 1 is 1.30 bits per heavy atom. The van der Waals surface area contributed by atoms with Gasteiger partial charge in [0.05, 0.1) is 7.11 Å². The van der Waals surface area contributed by atoms with Crippen molar-refractivity contribution in [1.29, 1.82) is 0 Å². The molecule has 0 aliphatic rings. The highest BCUT2D eigenvalue weighted by molar-refractivity contribution is 9.10. The summed E-state index contributed by atoms with van der Waals surface area (Å²) in [5.74, 6) is -0.161. The van der Waals surface area contributed by atoms with Gasteiger partial charge in [0.2, 0.25) is 0 Å². The smallest absolute Gasteiger partial charge is 0.194 e. The molecular formula is C15H13BrFNO2. The maximum Gasteiger partial charge on any atom is 0.194 e. The average Bonchev–Trinajstić information content (AvgIpc) is 2.43. The zero-order valence-electron chi connectivity index (χ0n) is 11.0. The second-order valence-corrected chi connectivity index (χ2v) is 5.20. The zero-order valence-corrected chi connectivity index (χ0v) is 12.6. The van der Waals surface area contributed by atoms with Gasteiger partial charge in [-0.2, -0.15) is 0 Å². The first kappa shape index (κ1) is 14.5. The van der Waals surface area contributed by atoms with Gasteiger partial charge in [-0.05, 0) is 53.2 Å². The largest absolute Gasteiger partial charge is 0.497 e. The lowest BCUT2D eigenvalue weighted by atomic mass is 10.0. The van der Waals surface area contributed by atoms with Crippen LogP contribution in [-0.2, 0) is 0 Å². The number of methoxy groups -OCH3 is 1. The van der Waals surface area contributed by atoms with Crippen molar-refractivity contribution >= 4 is 27.4 Å². The Labute approximate surface area is 124 Å². The fourth-order valence-electron chi connectivity index (χ4n) is 1.79. The number of benzene rings is 2. The summed E-state index contributed by atoms with van der Waals surface area (Å²) in [4.78, 5) is 12.4. The van der Waals surface area contributed by atoms with Crippen LogP contribution in [0.5, 0.6) is 5.75 Å². The Morgan fingerprint density at radius 3 is 2.55 bits per heavy atom. The first-order valence-corrected chi connectivity index (χ1v) is 6.67. The van der Waals surface area contributed by atoms with Crippen LogP contribution in [0.25, 0.3) is 0 Å². The molecule has 0 fully saturated rings. The third-order valence-electron chi connectivity index (χ3n) is 3.07. The number of rotatable bonds is 3. The van der Waals surface area contributed by atoms with Crippen molar-refractivity contribution in [3.05, 3.63) is 57.3 Å². The van der Waals surface area contributed by atoms with Gasteiger partial charge in [0.25, 0.3) is 0 Å². The van der Waals surface area contributed by atoms with Gasteiger partial charge in [0, 0.05) is 26.9 Å². The van der Waals surface area contributed by atoms with Gasteiger partial charge in [-0.25, -0.2) is 4.39 Å². The van der Waals surface area contributed by atoms with E-state index in [2.05, 4.69) is 15.9 Å². The average molecular weight is 338 g/mol. The number of ether oxygens (including phenoxy) is 1. The fraction of sp³-hybridized carbons (Fsp3) is 0.133. The van der Waals surface area contributed by atoms with Gasteiger partial charge in [-0.3, -0.25) is 4.79 Å². The maximum atomic E-state index is 13.7. The van der Waals surface area contributed by atoms with E-state index in [4.69, 9.17) is 10.5 Å². The predicted molar refractivity (Wildman–Crippen MR) is 79.7 cm³/mol. The lowest BCUT2D eigenvalue weighted by Crippen LogP contribution is -2.05. The number of carbonyl (C=O) groups excluding carboxylic acids is 1. The Bertz CT molecular complexity index is 663. The third kappa shape index (κ3) is 2.67. The normalized spacial score (nSPS) is 10.4. The van der Waals surface area contributed by atoms with Crippen LogP contribution in [0, 0.1) is 12.7 Å².